The van der Waals surface area contributed by atoms with Gasteiger partial charge in [0.05, 0.1) is 11.8 Å². The van der Waals surface area contributed by atoms with Crippen molar-refractivity contribution in [1.82, 2.24) is 4.90 Å². The number of amides is 2. The predicted molar refractivity (Wildman–Crippen MR) is 60.9 cm³/mol. The largest absolute Gasteiger partial charge is 0.550 e. The molecule has 1 aliphatic carbocycles. The molecular formula is C13H16NO4-. The van der Waals surface area contributed by atoms with Crippen molar-refractivity contribution in [1.29, 1.82) is 0 Å². The van der Waals surface area contributed by atoms with Crippen LogP contribution in [0.25, 0.3) is 0 Å². The Morgan fingerprint density at radius 2 is 2.06 bits per heavy atom. The maximum Gasteiger partial charge on any atom is 0.233 e. The van der Waals surface area contributed by atoms with Crippen LogP contribution in [0.4, 0.5) is 0 Å². The van der Waals surface area contributed by atoms with E-state index in [9.17, 15) is 19.5 Å². The molecule has 2 atom stereocenters. The maximum atomic E-state index is 12.1. The molecule has 98 valence electrons. The van der Waals surface area contributed by atoms with Crippen LogP contribution in [0.5, 0.6) is 0 Å². The first kappa shape index (κ1) is 12.8. The molecule has 0 N–H and O–H groups in total. The molecule has 5 nitrogen and oxygen atoms in total. The van der Waals surface area contributed by atoms with Gasteiger partial charge in [0.25, 0.3) is 0 Å². The van der Waals surface area contributed by atoms with E-state index in [0.29, 0.717) is 12.8 Å². The lowest BCUT2D eigenvalue weighted by Gasteiger charge is -2.19. The molecule has 0 saturated carbocycles. The molecule has 1 aliphatic heterocycles. The third-order valence-corrected chi connectivity index (χ3v) is 3.68. The summed E-state index contributed by atoms with van der Waals surface area (Å²) in [5, 5.41) is 10.3. The number of hydrogen-bond acceptors (Lipinski definition) is 4. The minimum atomic E-state index is -1.15. The molecule has 2 aliphatic rings. The monoisotopic (exact) mass is 250 g/mol. The number of hydrogen-bond donors (Lipinski definition) is 0. The van der Waals surface area contributed by atoms with E-state index in [1.807, 2.05) is 13.0 Å². The number of aliphatic carboxylic acids is 1. The Morgan fingerprint density at radius 1 is 1.39 bits per heavy atom. The SMILES string of the molecule is CC1=CC[C@@H]2C(=O)N(CCCC(=O)[O-])C(=O)[C@H]2C1. The number of carboxylic acid groups (broad SMARTS) is 1. The van der Waals surface area contributed by atoms with E-state index in [1.54, 1.807) is 0 Å². The summed E-state index contributed by atoms with van der Waals surface area (Å²) in [6.45, 7) is 2.16. The molecule has 0 bridgehead atoms. The highest BCUT2D eigenvalue weighted by atomic mass is 16.4. The van der Waals surface area contributed by atoms with Gasteiger partial charge in [-0.25, -0.2) is 0 Å². The number of likely N-dealkylation sites (tertiary alicyclic amines) is 1. The predicted octanol–water partition coefficient (Wildman–Crippen LogP) is -0.142. The number of allylic oxidation sites excluding steroid dienone is 2. The minimum Gasteiger partial charge on any atom is -0.550 e. The molecule has 18 heavy (non-hydrogen) atoms. The van der Waals surface area contributed by atoms with Gasteiger partial charge < -0.3 is 9.90 Å². The normalized spacial score (nSPS) is 27.2. The van der Waals surface area contributed by atoms with Gasteiger partial charge in [0, 0.05) is 12.5 Å². The van der Waals surface area contributed by atoms with Crippen molar-refractivity contribution in [3.8, 4) is 0 Å². The number of fused-ring (bicyclic) bond motifs is 1. The van der Waals surface area contributed by atoms with Crippen LogP contribution < -0.4 is 5.11 Å². The Kier molecular flexibility index (Phi) is 3.50. The molecule has 2 rings (SSSR count). The molecule has 1 heterocycles. The third-order valence-electron chi connectivity index (χ3n) is 3.68. The third kappa shape index (κ3) is 2.30. The molecule has 0 aromatic carbocycles. The van der Waals surface area contributed by atoms with Crippen molar-refractivity contribution in [2.24, 2.45) is 11.8 Å². The van der Waals surface area contributed by atoms with Crippen molar-refractivity contribution >= 4 is 17.8 Å². The van der Waals surface area contributed by atoms with Crippen molar-refractivity contribution in [2.75, 3.05) is 6.54 Å². The van der Waals surface area contributed by atoms with Crippen molar-refractivity contribution < 1.29 is 19.5 Å². The molecule has 1 saturated heterocycles. The fourth-order valence-corrected chi connectivity index (χ4v) is 2.71. The van der Waals surface area contributed by atoms with E-state index in [4.69, 9.17) is 0 Å². The van der Waals surface area contributed by atoms with E-state index < -0.39 is 5.97 Å². The molecule has 0 aromatic heterocycles. The zero-order chi connectivity index (χ0) is 13.3. The van der Waals surface area contributed by atoms with Crippen LogP contribution in [-0.2, 0) is 14.4 Å². The second-order valence-corrected chi connectivity index (χ2v) is 5.01. The topological polar surface area (TPSA) is 77.5 Å². The van der Waals surface area contributed by atoms with Gasteiger partial charge in [0.1, 0.15) is 0 Å². The summed E-state index contributed by atoms with van der Waals surface area (Å²) >= 11 is 0. The number of carboxylic acids is 1. The molecule has 1 fully saturated rings. The highest BCUT2D eigenvalue weighted by molar-refractivity contribution is 6.05. The van der Waals surface area contributed by atoms with Gasteiger partial charge in [-0.3, -0.25) is 14.5 Å². The smallest absolute Gasteiger partial charge is 0.233 e. The van der Waals surface area contributed by atoms with Gasteiger partial charge >= 0.3 is 0 Å². The first-order chi connectivity index (χ1) is 8.50. The first-order valence-corrected chi connectivity index (χ1v) is 6.21. The second-order valence-electron chi connectivity index (χ2n) is 5.01. The van der Waals surface area contributed by atoms with E-state index in [0.717, 1.165) is 5.57 Å². The van der Waals surface area contributed by atoms with Gasteiger partial charge in [0.15, 0.2) is 0 Å². The molecule has 5 heteroatoms. The molecule has 0 radical (unpaired) electrons. The standard InChI is InChI=1S/C13H17NO4/c1-8-4-5-9-10(7-8)13(18)14(12(9)17)6-2-3-11(15)16/h4,9-10H,2-3,5-7H2,1H3,(H,15,16)/p-1/t9-,10-/m0/s1. The zero-order valence-electron chi connectivity index (χ0n) is 10.3. The average Bonchev–Trinajstić information content (AvgIpc) is 2.53. The maximum absolute atomic E-state index is 12.1. The molecule has 2 amide bonds. The van der Waals surface area contributed by atoms with Crippen LogP contribution in [-0.4, -0.2) is 29.2 Å². The number of imide groups is 1. The Balaban J connectivity index is 2.00. The second kappa shape index (κ2) is 4.92. The lowest BCUT2D eigenvalue weighted by Crippen LogP contribution is -2.33. The van der Waals surface area contributed by atoms with Crippen molar-refractivity contribution in [3.63, 3.8) is 0 Å². The molecular weight excluding hydrogens is 234 g/mol. The van der Waals surface area contributed by atoms with E-state index in [2.05, 4.69) is 0 Å². The number of nitrogens with zero attached hydrogens (tertiary/aromatic N) is 1. The van der Waals surface area contributed by atoms with Gasteiger partial charge in [-0.05, 0) is 32.6 Å². The summed E-state index contributed by atoms with van der Waals surface area (Å²) in [5.41, 5.74) is 1.15. The minimum absolute atomic E-state index is 0.121. The number of carbonyl (C=O) groups is 3. The van der Waals surface area contributed by atoms with Crippen LogP contribution in [0.2, 0.25) is 0 Å². The van der Waals surface area contributed by atoms with E-state index in [-0.39, 0.29) is 43.0 Å². The van der Waals surface area contributed by atoms with Crippen LogP contribution in [0.1, 0.15) is 32.6 Å². The molecule has 0 unspecified atom stereocenters. The Bertz CT molecular complexity index is 427. The number of carbonyl (C=O) groups excluding carboxylic acids is 3. The lowest BCUT2D eigenvalue weighted by molar-refractivity contribution is -0.305. The Morgan fingerprint density at radius 3 is 2.72 bits per heavy atom. The fraction of sp³-hybridized carbons (Fsp3) is 0.615. The first-order valence-electron chi connectivity index (χ1n) is 6.21. The highest BCUT2D eigenvalue weighted by Crippen LogP contribution is 2.37. The van der Waals surface area contributed by atoms with Crippen LogP contribution in [0, 0.1) is 11.8 Å². The summed E-state index contributed by atoms with van der Waals surface area (Å²) < 4.78 is 0. The summed E-state index contributed by atoms with van der Waals surface area (Å²) in [4.78, 5) is 35.7. The lowest BCUT2D eigenvalue weighted by atomic mass is 9.82. The van der Waals surface area contributed by atoms with Gasteiger partial charge in [-0.1, -0.05) is 11.6 Å². The van der Waals surface area contributed by atoms with Gasteiger partial charge in [0.2, 0.25) is 11.8 Å². The molecule has 0 aromatic rings. The average molecular weight is 250 g/mol. The number of rotatable bonds is 4. The van der Waals surface area contributed by atoms with Crippen LogP contribution in [0.3, 0.4) is 0 Å². The van der Waals surface area contributed by atoms with E-state index in [1.165, 1.54) is 4.90 Å². The highest BCUT2D eigenvalue weighted by Gasteiger charge is 2.47. The van der Waals surface area contributed by atoms with Crippen LogP contribution >= 0.6 is 0 Å². The summed E-state index contributed by atoms with van der Waals surface area (Å²) in [6, 6.07) is 0. The van der Waals surface area contributed by atoms with Crippen molar-refractivity contribution in [2.45, 2.75) is 32.6 Å². The Labute approximate surface area is 105 Å². The van der Waals surface area contributed by atoms with Crippen LogP contribution in [0.15, 0.2) is 11.6 Å². The molecule has 0 spiro atoms. The van der Waals surface area contributed by atoms with E-state index >= 15 is 0 Å². The van der Waals surface area contributed by atoms with Gasteiger partial charge in [-0.15, -0.1) is 0 Å². The van der Waals surface area contributed by atoms with Gasteiger partial charge in [-0.2, -0.15) is 0 Å². The zero-order valence-corrected chi connectivity index (χ0v) is 10.3. The quantitative estimate of drug-likeness (QED) is 0.514. The van der Waals surface area contributed by atoms with Crippen molar-refractivity contribution in [3.05, 3.63) is 11.6 Å². The summed E-state index contributed by atoms with van der Waals surface area (Å²) in [7, 11) is 0. The summed E-state index contributed by atoms with van der Waals surface area (Å²) in [5.74, 6) is -1.90. The Hall–Kier alpha value is -1.65. The fourth-order valence-electron chi connectivity index (χ4n) is 2.71. The summed E-state index contributed by atoms with van der Waals surface area (Å²) in [6.07, 6.45) is 3.43.